The Morgan fingerprint density at radius 3 is 2.90 bits per heavy atom. The summed E-state index contributed by atoms with van der Waals surface area (Å²) in [4.78, 5) is 18.4. The maximum Gasteiger partial charge on any atom is 0.224 e. The number of carbonyl (C=O) groups is 1. The van der Waals surface area contributed by atoms with Gasteiger partial charge in [0.1, 0.15) is 0 Å². The van der Waals surface area contributed by atoms with Crippen molar-refractivity contribution in [1.29, 1.82) is 0 Å². The largest absolute Gasteiger partial charge is 0.384 e. The van der Waals surface area contributed by atoms with Gasteiger partial charge in [-0.2, -0.15) is 0 Å². The van der Waals surface area contributed by atoms with Crippen LogP contribution in [0, 0.1) is 6.92 Å². The Labute approximate surface area is 125 Å². The molecule has 1 aliphatic rings. The number of nitrogens with one attached hydrogen (secondary N) is 1. The van der Waals surface area contributed by atoms with E-state index in [9.17, 15) is 4.79 Å². The summed E-state index contributed by atoms with van der Waals surface area (Å²) in [6, 6.07) is 8.20. The predicted molar refractivity (Wildman–Crippen MR) is 85.4 cm³/mol. The Morgan fingerprint density at radius 2 is 2.10 bits per heavy atom. The van der Waals surface area contributed by atoms with Gasteiger partial charge < -0.3 is 10.2 Å². The Morgan fingerprint density at radius 1 is 1.29 bits per heavy atom. The highest BCUT2D eigenvalue weighted by atomic mass is 16.2. The van der Waals surface area contributed by atoms with Crippen molar-refractivity contribution in [2.24, 2.45) is 0 Å². The Kier molecular flexibility index (Phi) is 4.04. The number of aryl methyl sites for hydroxylation is 1. The van der Waals surface area contributed by atoms with Gasteiger partial charge in [0.25, 0.3) is 0 Å². The van der Waals surface area contributed by atoms with Crippen LogP contribution in [0.25, 0.3) is 10.9 Å². The molecule has 0 saturated carbocycles. The molecule has 3 rings (SSSR count). The van der Waals surface area contributed by atoms with Crippen LogP contribution in [-0.2, 0) is 4.79 Å². The number of rotatable bonds is 4. The lowest BCUT2D eigenvalue weighted by Gasteiger charge is -2.16. The monoisotopic (exact) mass is 283 g/mol. The normalized spacial score (nSPS) is 14.6. The molecule has 0 atom stereocenters. The minimum Gasteiger partial charge on any atom is -0.384 e. The maximum absolute atomic E-state index is 12.0. The van der Waals surface area contributed by atoms with Gasteiger partial charge in [0, 0.05) is 43.3 Å². The fourth-order valence-electron chi connectivity index (χ4n) is 2.84. The molecule has 4 heteroatoms. The van der Waals surface area contributed by atoms with Gasteiger partial charge in [-0.15, -0.1) is 0 Å². The van der Waals surface area contributed by atoms with E-state index in [-0.39, 0.29) is 5.91 Å². The molecule has 1 amide bonds. The lowest BCUT2D eigenvalue weighted by Crippen LogP contribution is -2.29. The number of anilines is 1. The average molecular weight is 283 g/mol. The summed E-state index contributed by atoms with van der Waals surface area (Å²) in [5.74, 6) is 0.259. The van der Waals surface area contributed by atoms with Gasteiger partial charge in [0.05, 0.1) is 5.52 Å². The van der Waals surface area contributed by atoms with Gasteiger partial charge >= 0.3 is 0 Å². The third-order valence-corrected chi connectivity index (χ3v) is 4.01. The topological polar surface area (TPSA) is 45.2 Å². The predicted octanol–water partition coefficient (Wildman–Crippen LogP) is 2.97. The number of aromatic nitrogens is 1. The van der Waals surface area contributed by atoms with Crippen molar-refractivity contribution in [3.05, 3.63) is 36.0 Å². The standard InChI is InChI=1S/C17H21N3O/c1-13-4-5-15-14(12-13)16(6-8-18-15)19-9-7-17(21)20-10-2-3-11-20/h4-6,8,12H,2-3,7,9-11H2,1H3,(H,18,19). The molecule has 0 unspecified atom stereocenters. The molecule has 1 saturated heterocycles. The quantitative estimate of drug-likeness (QED) is 0.938. The molecule has 0 aliphatic carbocycles. The van der Waals surface area contributed by atoms with Crippen LogP contribution < -0.4 is 5.32 Å². The van der Waals surface area contributed by atoms with Crippen molar-refractivity contribution >= 4 is 22.5 Å². The fraction of sp³-hybridized carbons (Fsp3) is 0.412. The van der Waals surface area contributed by atoms with E-state index >= 15 is 0 Å². The van der Waals surface area contributed by atoms with E-state index in [0.29, 0.717) is 13.0 Å². The third-order valence-electron chi connectivity index (χ3n) is 4.01. The molecule has 110 valence electrons. The molecular formula is C17H21N3O. The average Bonchev–Trinajstić information content (AvgIpc) is 3.02. The van der Waals surface area contributed by atoms with Crippen molar-refractivity contribution < 1.29 is 4.79 Å². The van der Waals surface area contributed by atoms with Crippen LogP contribution in [-0.4, -0.2) is 35.4 Å². The molecule has 2 aromatic rings. The van der Waals surface area contributed by atoms with Crippen LogP contribution in [0.2, 0.25) is 0 Å². The zero-order valence-corrected chi connectivity index (χ0v) is 12.4. The highest BCUT2D eigenvalue weighted by molar-refractivity contribution is 5.91. The molecule has 1 aromatic carbocycles. The second-order valence-corrected chi connectivity index (χ2v) is 5.64. The second-order valence-electron chi connectivity index (χ2n) is 5.64. The first kappa shape index (κ1) is 13.9. The summed E-state index contributed by atoms with van der Waals surface area (Å²) in [6.45, 7) is 4.60. The van der Waals surface area contributed by atoms with Gasteiger partial charge in [-0.1, -0.05) is 11.6 Å². The van der Waals surface area contributed by atoms with E-state index in [4.69, 9.17) is 0 Å². The van der Waals surface area contributed by atoms with E-state index in [2.05, 4.69) is 29.4 Å². The number of benzene rings is 1. The summed E-state index contributed by atoms with van der Waals surface area (Å²) in [6.07, 6.45) is 4.65. The minimum atomic E-state index is 0.259. The number of amides is 1. The van der Waals surface area contributed by atoms with Crippen molar-refractivity contribution in [3.63, 3.8) is 0 Å². The first-order valence-electron chi connectivity index (χ1n) is 7.61. The highest BCUT2D eigenvalue weighted by Gasteiger charge is 2.17. The number of hydrogen-bond acceptors (Lipinski definition) is 3. The van der Waals surface area contributed by atoms with Gasteiger partial charge in [-0.05, 0) is 38.0 Å². The summed E-state index contributed by atoms with van der Waals surface area (Å²) >= 11 is 0. The van der Waals surface area contributed by atoms with Gasteiger partial charge in [0.2, 0.25) is 5.91 Å². The lowest BCUT2D eigenvalue weighted by molar-refractivity contribution is -0.129. The van der Waals surface area contributed by atoms with Crippen LogP contribution in [0.4, 0.5) is 5.69 Å². The zero-order valence-electron chi connectivity index (χ0n) is 12.4. The van der Waals surface area contributed by atoms with E-state index < -0.39 is 0 Å². The van der Waals surface area contributed by atoms with Gasteiger partial charge in [0.15, 0.2) is 0 Å². The van der Waals surface area contributed by atoms with Crippen LogP contribution >= 0.6 is 0 Å². The second kappa shape index (κ2) is 6.12. The van der Waals surface area contributed by atoms with Crippen LogP contribution in [0.5, 0.6) is 0 Å². The first-order valence-corrected chi connectivity index (χ1v) is 7.61. The lowest BCUT2D eigenvalue weighted by atomic mass is 10.1. The molecule has 1 N–H and O–H groups in total. The molecule has 0 radical (unpaired) electrons. The Bertz CT molecular complexity index is 648. The fourth-order valence-corrected chi connectivity index (χ4v) is 2.84. The number of hydrogen-bond donors (Lipinski definition) is 1. The molecule has 4 nitrogen and oxygen atoms in total. The summed E-state index contributed by atoms with van der Waals surface area (Å²) in [7, 11) is 0. The highest BCUT2D eigenvalue weighted by Crippen LogP contribution is 2.22. The van der Waals surface area contributed by atoms with Gasteiger partial charge in [-0.3, -0.25) is 9.78 Å². The molecule has 2 heterocycles. The number of likely N-dealkylation sites (tertiary alicyclic amines) is 1. The summed E-state index contributed by atoms with van der Waals surface area (Å²) < 4.78 is 0. The molecule has 0 spiro atoms. The zero-order chi connectivity index (χ0) is 14.7. The van der Waals surface area contributed by atoms with Crippen molar-refractivity contribution in [2.75, 3.05) is 25.0 Å². The van der Waals surface area contributed by atoms with E-state index in [1.165, 1.54) is 5.56 Å². The van der Waals surface area contributed by atoms with Crippen LogP contribution in [0.15, 0.2) is 30.5 Å². The third kappa shape index (κ3) is 3.15. The van der Waals surface area contributed by atoms with Crippen molar-refractivity contribution in [2.45, 2.75) is 26.2 Å². The van der Waals surface area contributed by atoms with Crippen molar-refractivity contribution in [1.82, 2.24) is 9.88 Å². The van der Waals surface area contributed by atoms with E-state index in [1.54, 1.807) is 0 Å². The first-order chi connectivity index (χ1) is 10.2. The van der Waals surface area contributed by atoms with Crippen LogP contribution in [0.3, 0.4) is 0 Å². The number of carbonyl (C=O) groups excluding carboxylic acids is 1. The Hall–Kier alpha value is -2.10. The Balaban J connectivity index is 1.65. The van der Waals surface area contributed by atoms with Crippen LogP contribution in [0.1, 0.15) is 24.8 Å². The molecule has 0 bridgehead atoms. The smallest absolute Gasteiger partial charge is 0.224 e. The molecule has 21 heavy (non-hydrogen) atoms. The summed E-state index contributed by atoms with van der Waals surface area (Å²) in [5, 5.41) is 4.50. The molecule has 1 aromatic heterocycles. The minimum absolute atomic E-state index is 0.259. The van der Waals surface area contributed by atoms with Crippen molar-refractivity contribution in [3.8, 4) is 0 Å². The molecule has 1 fully saturated rings. The number of nitrogens with zero attached hydrogens (tertiary/aromatic N) is 2. The molecular weight excluding hydrogens is 262 g/mol. The number of fused-ring (bicyclic) bond motifs is 1. The maximum atomic E-state index is 12.0. The van der Waals surface area contributed by atoms with E-state index in [0.717, 1.165) is 42.5 Å². The summed E-state index contributed by atoms with van der Waals surface area (Å²) in [5.41, 5.74) is 3.25. The number of pyridine rings is 1. The van der Waals surface area contributed by atoms with E-state index in [1.807, 2.05) is 23.2 Å². The SMILES string of the molecule is Cc1ccc2nccc(NCCC(=O)N3CCCC3)c2c1. The van der Waals surface area contributed by atoms with Gasteiger partial charge in [-0.25, -0.2) is 0 Å². The molecule has 1 aliphatic heterocycles.